The number of rotatable bonds is 7. The number of guanidine groups is 1. The van der Waals surface area contributed by atoms with Crippen LogP contribution in [0.3, 0.4) is 0 Å². The van der Waals surface area contributed by atoms with E-state index in [1.807, 2.05) is 6.92 Å². The van der Waals surface area contributed by atoms with E-state index in [2.05, 4.69) is 15.6 Å². The Morgan fingerprint density at radius 3 is 2.44 bits per heavy atom. The van der Waals surface area contributed by atoms with Crippen molar-refractivity contribution in [3.63, 3.8) is 0 Å². The van der Waals surface area contributed by atoms with E-state index < -0.39 is 21.6 Å². The van der Waals surface area contributed by atoms with Gasteiger partial charge in [0.1, 0.15) is 0 Å². The Hall–Kier alpha value is -1.04. The Labute approximate surface area is 163 Å². The first kappa shape index (κ1) is 24.0. The Balaban J connectivity index is 0.00000576. The van der Waals surface area contributed by atoms with Crippen LogP contribution in [0, 0.1) is 0 Å². The van der Waals surface area contributed by atoms with E-state index in [0.717, 1.165) is 12.1 Å². The number of sulfone groups is 1. The normalized spacial score (nSPS) is 12.4. The zero-order valence-electron chi connectivity index (χ0n) is 14.1. The number of halogens is 4. The van der Waals surface area contributed by atoms with E-state index in [-0.39, 0.29) is 48.6 Å². The average molecular weight is 493 g/mol. The molecule has 0 spiro atoms. The second-order valence-electron chi connectivity index (χ2n) is 5.06. The molecule has 0 atom stereocenters. The van der Waals surface area contributed by atoms with Crippen molar-refractivity contribution in [3.05, 3.63) is 35.4 Å². The summed E-state index contributed by atoms with van der Waals surface area (Å²) >= 11 is 0. The van der Waals surface area contributed by atoms with Gasteiger partial charge in [-0.05, 0) is 24.6 Å². The zero-order chi connectivity index (χ0) is 18.2. The Bertz CT molecular complexity index is 664. The largest absolute Gasteiger partial charge is 0.416 e. The van der Waals surface area contributed by atoms with Crippen LogP contribution in [0.4, 0.5) is 13.2 Å². The highest BCUT2D eigenvalue weighted by molar-refractivity contribution is 14.0. The van der Waals surface area contributed by atoms with Crippen molar-refractivity contribution in [1.29, 1.82) is 0 Å². The molecule has 0 radical (unpaired) electrons. The predicted molar refractivity (Wildman–Crippen MR) is 104 cm³/mol. The predicted octanol–water partition coefficient (Wildman–Crippen LogP) is 2.81. The first-order valence-corrected chi connectivity index (χ1v) is 9.39. The highest BCUT2D eigenvalue weighted by Crippen LogP contribution is 2.29. The molecule has 10 heteroatoms. The molecule has 5 nitrogen and oxygen atoms in total. The first-order chi connectivity index (χ1) is 11.2. The number of aliphatic imine (C=N–C) groups is 1. The average Bonchev–Trinajstić information content (AvgIpc) is 2.52. The van der Waals surface area contributed by atoms with Gasteiger partial charge < -0.3 is 10.6 Å². The van der Waals surface area contributed by atoms with Crippen LogP contribution in [-0.4, -0.2) is 39.0 Å². The van der Waals surface area contributed by atoms with Crippen molar-refractivity contribution in [3.8, 4) is 0 Å². The lowest BCUT2D eigenvalue weighted by atomic mass is 10.1. The number of hydrogen-bond donors (Lipinski definition) is 2. The summed E-state index contributed by atoms with van der Waals surface area (Å²) in [4.78, 5) is 4.18. The fourth-order valence-electron chi connectivity index (χ4n) is 1.83. The lowest BCUT2D eigenvalue weighted by molar-refractivity contribution is -0.137. The van der Waals surface area contributed by atoms with Crippen LogP contribution < -0.4 is 10.6 Å². The summed E-state index contributed by atoms with van der Waals surface area (Å²) in [5.74, 6) is 0.394. The van der Waals surface area contributed by atoms with Gasteiger partial charge in [0.25, 0.3) is 0 Å². The Morgan fingerprint density at radius 2 is 1.88 bits per heavy atom. The molecule has 0 aliphatic rings. The van der Waals surface area contributed by atoms with E-state index in [4.69, 9.17) is 0 Å². The van der Waals surface area contributed by atoms with E-state index in [0.29, 0.717) is 18.1 Å². The maximum atomic E-state index is 12.7. The van der Waals surface area contributed by atoms with Crippen molar-refractivity contribution in [2.45, 2.75) is 26.6 Å². The van der Waals surface area contributed by atoms with Crippen LogP contribution in [-0.2, 0) is 22.6 Å². The maximum Gasteiger partial charge on any atom is 0.416 e. The van der Waals surface area contributed by atoms with E-state index in [9.17, 15) is 21.6 Å². The van der Waals surface area contributed by atoms with Crippen molar-refractivity contribution in [2.75, 3.05) is 24.6 Å². The molecule has 25 heavy (non-hydrogen) atoms. The van der Waals surface area contributed by atoms with Gasteiger partial charge in [-0.25, -0.2) is 13.4 Å². The molecule has 1 aromatic rings. The standard InChI is InChI=1S/C15H22F3N3O2S.HI/c1-3-19-14(20-8-9-24(22,23)4-2)21-11-12-6-5-7-13(10-12)15(16,17)18;/h5-7,10H,3-4,8-9,11H2,1-2H3,(H2,19,20,21);1H. The Morgan fingerprint density at radius 1 is 1.20 bits per heavy atom. The van der Waals surface area contributed by atoms with Crippen LogP contribution in [0.1, 0.15) is 25.0 Å². The van der Waals surface area contributed by atoms with E-state index in [1.54, 1.807) is 13.0 Å². The summed E-state index contributed by atoms with van der Waals surface area (Å²) in [5.41, 5.74) is -0.301. The third-order valence-corrected chi connectivity index (χ3v) is 4.87. The molecule has 144 valence electrons. The van der Waals surface area contributed by atoms with Crippen LogP contribution in [0.2, 0.25) is 0 Å². The molecule has 0 aliphatic heterocycles. The molecule has 0 unspecified atom stereocenters. The topological polar surface area (TPSA) is 70.6 Å². The number of hydrogen-bond acceptors (Lipinski definition) is 3. The second kappa shape index (κ2) is 10.8. The smallest absolute Gasteiger partial charge is 0.357 e. The summed E-state index contributed by atoms with van der Waals surface area (Å²) in [6, 6.07) is 4.95. The SMILES string of the molecule is CCNC(=NCc1cccc(C(F)(F)F)c1)NCCS(=O)(=O)CC.I. The number of nitrogens with one attached hydrogen (secondary N) is 2. The fourth-order valence-corrected chi connectivity index (χ4v) is 2.53. The molecule has 0 heterocycles. The van der Waals surface area contributed by atoms with Crippen molar-refractivity contribution >= 4 is 39.8 Å². The van der Waals surface area contributed by atoms with Gasteiger partial charge in [-0.15, -0.1) is 24.0 Å². The minimum Gasteiger partial charge on any atom is -0.357 e. The van der Waals surface area contributed by atoms with Crippen molar-refractivity contribution < 1.29 is 21.6 Å². The molecule has 0 saturated carbocycles. The highest BCUT2D eigenvalue weighted by atomic mass is 127. The van der Waals surface area contributed by atoms with E-state index in [1.165, 1.54) is 6.07 Å². The summed E-state index contributed by atoms with van der Waals surface area (Å²) in [7, 11) is -3.09. The molecule has 0 fully saturated rings. The minimum atomic E-state index is -4.39. The van der Waals surface area contributed by atoms with Gasteiger partial charge in [0.15, 0.2) is 15.8 Å². The third-order valence-electron chi connectivity index (χ3n) is 3.16. The van der Waals surface area contributed by atoms with Gasteiger partial charge in [0, 0.05) is 18.8 Å². The van der Waals surface area contributed by atoms with Gasteiger partial charge in [-0.1, -0.05) is 19.1 Å². The quantitative estimate of drug-likeness (QED) is 0.348. The molecule has 0 aliphatic carbocycles. The molecule has 0 saturated heterocycles. The number of benzene rings is 1. The first-order valence-electron chi connectivity index (χ1n) is 7.56. The minimum absolute atomic E-state index is 0. The molecular weight excluding hydrogens is 470 g/mol. The molecule has 1 aromatic carbocycles. The maximum absolute atomic E-state index is 12.7. The van der Waals surface area contributed by atoms with Gasteiger partial charge in [-0.2, -0.15) is 13.2 Å². The second-order valence-corrected chi connectivity index (χ2v) is 7.53. The summed E-state index contributed by atoms with van der Waals surface area (Å²) < 4.78 is 60.9. The van der Waals surface area contributed by atoms with Gasteiger partial charge in [-0.3, -0.25) is 0 Å². The molecule has 0 bridgehead atoms. The van der Waals surface area contributed by atoms with Crippen LogP contribution in [0.5, 0.6) is 0 Å². The van der Waals surface area contributed by atoms with Gasteiger partial charge in [0.2, 0.25) is 0 Å². The summed E-state index contributed by atoms with van der Waals surface area (Å²) in [6.45, 7) is 4.20. The lowest BCUT2D eigenvalue weighted by Gasteiger charge is -2.12. The zero-order valence-corrected chi connectivity index (χ0v) is 17.2. The van der Waals surface area contributed by atoms with E-state index >= 15 is 0 Å². The fraction of sp³-hybridized carbons (Fsp3) is 0.533. The van der Waals surface area contributed by atoms with Gasteiger partial charge >= 0.3 is 6.18 Å². The highest BCUT2D eigenvalue weighted by Gasteiger charge is 2.30. The van der Waals surface area contributed by atoms with Crippen molar-refractivity contribution in [2.24, 2.45) is 4.99 Å². The lowest BCUT2D eigenvalue weighted by Crippen LogP contribution is -2.39. The van der Waals surface area contributed by atoms with Crippen molar-refractivity contribution in [1.82, 2.24) is 10.6 Å². The third kappa shape index (κ3) is 9.28. The van der Waals surface area contributed by atoms with Crippen LogP contribution in [0.25, 0.3) is 0 Å². The van der Waals surface area contributed by atoms with Gasteiger partial charge in [0.05, 0.1) is 17.9 Å². The summed E-state index contributed by atoms with van der Waals surface area (Å²) in [6.07, 6.45) is -4.39. The molecule has 1 rings (SSSR count). The monoisotopic (exact) mass is 493 g/mol. The molecule has 0 amide bonds. The van der Waals surface area contributed by atoms with Crippen LogP contribution >= 0.6 is 24.0 Å². The van der Waals surface area contributed by atoms with Crippen LogP contribution in [0.15, 0.2) is 29.3 Å². The molecular formula is C15H23F3IN3O2S. The number of alkyl halides is 3. The summed E-state index contributed by atoms with van der Waals surface area (Å²) in [5, 5.41) is 5.79. The Kier molecular flexibility index (Phi) is 10.4. The number of nitrogens with zero attached hydrogens (tertiary/aromatic N) is 1. The molecule has 0 aromatic heterocycles. The molecule has 2 N–H and O–H groups in total.